The molecular weight excluding hydrogens is 349 g/mol. The van der Waals surface area contributed by atoms with Crippen molar-refractivity contribution in [3.63, 3.8) is 0 Å². The van der Waals surface area contributed by atoms with Gasteiger partial charge in [0, 0.05) is 13.7 Å². The van der Waals surface area contributed by atoms with Gasteiger partial charge in [-0.15, -0.1) is 12.4 Å². The highest BCUT2D eigenvalue weighted by atomic mass is 35.5. The van der Waals surface area contributed by atoms with Crippen molar-refractivity contribution in [3.05, 3.63) is 29.8 Å². The molecule has 1 amide bonds. The Morgan fingerprint density at radius 1 is 1.29 bits per heavy atom. The molecule has 1 aromatic carbocycles. The van der Waals surface area contributed by atoms with Crippen LogP contribution in [0.15, 0.2) is 24.3 Å². The standard InChI is InChI=1S/C15H21F3N2O3.ClH/c1-10(20-14(21)7-13(8-19)22-2)11-3-5-12(6-4-11)23-9-15(16,17)18;/h3-6,10,13H,7-9,19H2,1-2H3,(H,20,21);1H. The number of rotatable bonds is 8. The second-order valence-corrected chi connectivity index (χ2v) is 5.06. The molecule has 0 radical (unpaired) electrons. The molecule has 24 heavy (non-hydrogen) atoms. The molecule has 0 fully saturated rings. The normalized spacial score (nSPS) is 13.6. The van der Waals surface area contributed by atoms with Crippen LogP contribution in [0.4, 0.5) is 13.2 Å². The second-order valence-electron chi connectivity index (χ2n) is 5.06. The van der Waals surface area contributed by atoms with Gasteiger partial charge in [0.2, 0.25) is 5.91 Å². The van der Waals surface area contributed by atoms with Gasteiger partial charge in [-0.3, -0.25) is 4.79 Å². The number of nitrogens with two attached hydrogens (primary N) is 1. The van der Waals surface area contributed by atoms with Gasteiger partial charge >= 0.3 is 6.18 Å². The number of carbonyl (C=O) groups is 1. The van der Waals surface area contributed by atoms with E-state index in [1.54, 1.807) is 19.1 Å². The summed E-state index contributed by atoms with van der Waals surface area (Å²) in [5.74, 6) is -0.0978. The lowest BCUT2D eigenvalue weighted by molar-refractivity contribution is -0.153. The smallest absolute Gasteiger partial charge is 0.422 e. The van der Waals surface area contributed by atoms with Crippen molar-refractivity contribution in [2.75, 3.05) is 20.3 Å². The minimum absolute atomic E-state index is 0. The molecule has 0 aliphatic heterocycles. The van der Waals surface area contributed by atoms with Crippen LogP contribution in [-0.2, 0) is 9.53 Å². The van der Waals surface area contributed by atoms with E-state index < -0.39 is 12.8 Å². The number of methoxy groups -OCH3 is 1. The fraction of sp³-hybridized carbons (Fsp3) is 0.533. The summed E-state index contributed by atoms with van der Waals surface area (Å²) in [5.41, 5.74) is 6.20. The van der Waals surface area contributed by atoms with Crippen LogP contribution in [0.25, 0.3) is 0 Å². The zero-order valence-corrected chi connectivity index (χ0v) is 14.2. The highest BCUT2D eigenvalue weighted by molar-refractivity contribution is 5.85. The summed E-state index contributed by atoms with van der Waals surface area (Å²) < 4.78 is 45.8. The van der Waals surface area contributed by atoms with Crippen molar-refractivity contribution in [2.24, 2.45) is 5.73 Å². The molecule has 0 aliphatic rings. The molecule has 0 heterocycles. The lowest BCUT2D eigenvalue weighted by Crippen LogP contribution is -2.33. The lowest BCUT2D eigenvalue weighted by atomic mass is 10.1. The third-order valence-corrected chi connectivity index (χ3v) is 3.17. The molecule has 3 N–H and O–H groups in total. The average Bonchev–Trinajstić information content (AvgIpc) is 2.50. The first-order valence-corrected chi connectivity index (χ1v) is 7.07. The van der Waals surface area contributed by atoms with E-state index >= 15 is 0 Å². The summed E-state index contributed by atoms with van der Waals surface area (Å²) in [7, 11) is 1.48. The number of hydrogen-bond acceptors (Lipinski definition) is 4. The first-order chi connectivity index (χ1) is 10.7. The highest BCUT2D eigenvalue weighted by Crippen LogP contribution is 2.21. The summed E-state index contributed by atoms with van der Waals surface area (Å²) in [4.78, 5) is 11.8. The Labute approximate surface area is 145 Å². The zero-order chi connectivity index (χ0) is 17.5. The van der Waals surface area contributed by atoms with E-state index in [0.717, 1.165) is 5.56 Å². The van der Waals surface area contributed by atoms with Gasteiger partial charge < -0.3 is 20.5 Å². The summed E-state index contributed by atoms with van der Waals surface area (Å²) in [5, 5.41) is 2.78. The van der Waals surface area contributed by atoms with Crippen LogP contribution in [0.5, 0.6) is 5.75 Å². The maximum atomic E-state index is 12.1. The molecule has 138 valence electrons. The summed E-state index contributed by atoms with van der Waals surface area (Å²) in [6, 6.07) is 5.78. The minimum atomic E-state index is -4.37. The first kappa shape index (κ1) is 22.5. The van der Waals surface area contributed by atoms with Crippen LogP contribution >= 0.6 is 12.4 Å². The zero-order valence-electron chi connectivity index (χ0n) is 13.4. The molecule has 9 heteroatoms. The lowest BCUT2D eigenvalue weighted by Gasteiger charge is -2.17. The quantitative estimate of drug-likeness (QED) is 0.737. The van der Waals surface area contributed by atoms with Crippen molar-refractivity contribution in [1.29, 1.82) is 0 Å². The minimum Gasteiger partial charge on any atom is -0.484 e. The third kappa shape index (κ3) is 8.37. The Kier molecular flexibility index (Phi) is 9.72. The van der Waals surface area contributed by atoms with Gasteiger partial charge in [-0.1, -0.05) is 12.1 Å². The van der Waals surface area contributed by atoms with Crippen molar-refractivity contribution >= 4 is 18.3 Å². The van der Waals surface area contributed by atoms with E-state index in [4.69, 9.17) is 10.5 Å². The maximum Gasteiger partial charge on any atom is 0.422 e. The van der Waals surface area contributed by atoms with E-state index in [0.29, 0.717) is 0 Å². The van der Waals surface area contributed by atoms with Crippen LogP contribution in [0.1, 0.15) is 24.9 Å². The molecule has 0 aliphatic carbocycles. The predicted octanol–water partition coefficient (Wildman–Crippen LogP) is 2.59. The van der Waals surface area contributed by atoms with E-state index in [1.165, 1.54) is 19.2 Å². The molecule has 0 saturated heterocycles. The second kappa shape index (κ2) is 10.4. The van der Waals surface area contributed by atoms with Gasteiger partial charge in [0.25, 0.3) is 0 Å². The third-order valence-electron chi connectivity index (χ3n) is 3.17. The molecule has 5 nitrogen and oxygen atoms in total. The van der Waals surface area contributed by atoms with Crippen LogP contribution < -0.4 is 15.8 Å². The molecule has 1 rings (SSSR count). The number of hydrogen-bond donors (Lipinski definition) is 2. The van der Waals surface area contributed by atoms with Gasteiger partial charge in [0.05, 0.1) is 18.6 Å². The summed E-state index contributed by atoms with van der Waals surface area (Å²) in [6.07, 6.45) is -4.58. The average molecular weight is 371 g/mol. The molecule has 0 saturated carbocycles. The van der Waals surface area contributed by atoms with E-state index in [2.05, 4.69) is 10.1 Å². The predicted molar refractivity (Wildman–Crippen MR) is 86.3 cm³/mol. The van der Waals surface area contributed by atoms with Crippen LogP contribution in [-0.4, -0.2) is 38.4 Å². The molecule has 0 aromatic heterocycles. The fourth-order valence-electron chi connectivity index (χ4n) is 1.87. The molecule has 1 aromatic rings. The number of carbonyl (C=O) groups excluding carboxylic acids is 1. The molecular formula is C15H22ClF3N2O3. The Hall–Kier alpha value is -1.51. The Morgan fingerprint density at radius 3 is 2.33 bits per heavy atom. The summed E-state index contributed by atoms with van der Waals surface area (Å²) >= 11 is 0. The van der Waals surface area contributed by atoms with Gasteiger partial charge in [0.1, 0.15) is 5.75 Å². The van der Waals surface area contributed by atoms with E-state index in [1.807, 2.05) is 0 Å². The SMILES string of the molecule is COC(CN)CC(=O)NC(C)c1ccc(OCC(F)(F)F)cc1.Cl. The van der Waals surface area contributed by atoms with Gasteiger partial charge in [0.15, 0.2) is 6.61 Å². The van der Waals surface area contributed by atoms with Crippen LogP contribution in [0, 0.1) is 0 Å². The molecule has 0 bridgehead atoms. The van der Waals surface area contributed by atoms with E-state index in [9.17, 15) is 18.0 Å². The van der Waals surface area contributed by atoms with E-state index in [-0.39, 0.29) is 49.2 Å². The highest BCUT2D eigenvalue weighted by Gasteiger charge is 2.28. The Balaban J connectivity index is 0.00000529. The van der Waals surface area contributed by atoms with Gasteiger partial charge in [-0.25, -0.2) is 0 Å². The van der Waals surface area contributed by atoms with Crippen molar-refractivity contribution in [1.82, 2.24) is 5.32 Å². The molecule has 0 spiro atoms. The largest absolute Gasteiger partial charge is 0.484 e. The number of halogens is 4. The van der Waals surface area contributed by atoms with Crippen LogP contribution in [0.3, 0.4) is 0 Å². The topological polar surface area (TPSA) is 73.6 Å². The number of ether oxygens (including phenoxy) is 2. The van der Waals surface area contributed by atoms with Gasteiger partial charge in [-0.05, 0) is 24.6 Å². The number of alkyl halides is 3. The van der Waals surface area contributed by atoms with Crippen LogP contribution in [0.2, 0.25) is 0 Å². The number of amides is 1. The number of benzene rings is 1. The monoisotopic (exact) mass is 370 g/mol. The van der Waals surface area contributed by atoms with Crippen molar-refractivity contribution < 1.29 is 27.4 Å². The van der Waals surface area contributed by atoms with Gasteiger partial charge in [-0.2, -0.15) is 13.2 Å². The van der Waals surface area contributed by atoms with Crippen molar-refractivity contribution in [3.8, 4) is 5.75 Å². The first-order valence-electron chi connectivity index (χ1n) is 7.07. The fourth-order valence-corrected chi connectivity index (χ4v) is 1.87. The Bertz CT molecular complexity index is 494. The molecule has 2 unspecified atom stereocenters. The number of nitrogens with one attached hydrogen (secondary N) is 1. The summed E-state index contributed by atoms with van der Waals surface area (Å²) in [6.45, 7) is 0.674. The Morgan fingerprint density at radius 2 is 1.88 bits per heavy atom. The molecule has 2 atom stereocenters. The van der Waals surface area contributed by atoms with Crippen molar-refractivity contribution in [2.45, 2.75) is 31.7 Å². The maximum absolute atomic E-state index is 12.1.